The van der Waals surface area contributed by atoms with Crippen LogP contribution in [-0.2, 0) is 19.4 Å². The Bertz CT molecular complexity index is 575. The van der Waals surface area contributed by atoms with E-state index in [0.29, 0.717) is 0 Å². The van der Waals surface area contributed by atoms with Gasteiger partial charge < -0.3 is 10.1 Å². The second-order valence-electron chi connectivity index (χ2n) is 6.00. The molecule has 0 spiro atoms. The highest BCUT2D eigenvalue weighted by Crippen LogP contribution is 2.37. The van der Waals surface area contributed by atoms with Crippen molar-refractivity contribution < 1.29 is 4.74 Å². The lowest BCUT2D eigenvalue weighted by Gasteiger charge is -2.18. The Morgan fingerprint density at radius 1 is 1.30 bits per heavy atom. The molecule has 0 unspecified atom stereocenters. The van der Waals surface area contributed by atoms with Gasteiger partial charge >= 0.3 is 0 Å². The van der Waals surface area contributed by atoms with Gasteiger partial charge in [-0.15, -0.1) is 0 Å². The number of hydrogen-bond acceptors (Lipinski definition) is 3. The van der Waals surface area contributed by atoms with Crippen molar-refractivity contribution in [2.75, 3.05) is 6.54 Å². The summed E-state index contributed by atoms with van der Waals surface area (Å²) < 4.78 is 6.09. The lowest BCUT2D eigenvalue weighted by molar-refractivity contribution is 0.137. The normalized spacial score (nSPS) is 15.9. The maximum atomic E-state index is 6.09. The molecule has 0 saturated carbocycles. The number of benzene rings is 1. The molecule has 0 fully saturated rings. The zero-order chi connectivity index (χ0) is 14.0. The molecule has 3 heteroatoms. The first-order chi connectivity index (χ1) is 9.64. The fraction of sp³-hybridized carbons (Fsp3) is 0.412. The summed E-state index contributed by atoms with van der Waals surface area (Å²) in [7, 11) is 0. The first-order valence-electron chi connectivity index (χ1n) is 7.16. The molecule has 1 N–H and O–H groups in total. The van der Waals surface area contributed by atoms with Crippen LogP contribution in [0.15, 0.2) is 35.0 Å². The molecule has 2 nitrogen and oxygen atoms in total. The third-order valence-electron chi connectivity index (χ3n) is 3.66. The van der Waals surface area contributed by atoms with E-state index >= 15 is 0 Å². The third kappa shape index (κ3) is 3.05. The minimum absolute atomic E-state index is 0.0604. The van der Waals surface area contributed by atoms with Gasteiger partial charge in [-0.05, 0) is 54.8 Å². The minimum Gasteiger partial charge on any atom is -0.487 e. The van der Waals surface area contributed by atoms with Crippen molar-refractivity contribution in [2.45, 2.75) is 38.8 Å². The van der Waals surface area contributed by atoms with Crippen molar-refractivity contribution in [2.24, 2.45) is 0 Å². The van der Waals surface area contributed by atoms with Crippen molar-refractivity contribution in [3.8, 4) is 5.75 Å². The molecule has 0 amide bonds. The topological polar surface area (TPSA) is 21.3 Å². The minimum atomic E-state index is -0.0604. The Hall–Kier alpha value is -1.32. The van der Waals surface area contributed by atoms with E-state index < -0.39 is 0 Å². The second kappa shape index (κ2) is 5.58. The quantitative estimate of drug-likeness (QED) is 0.845. The van der Waals surface area contributed by atoms with E-state index in [-0.39, 0.29) is 5.60 Å². The average molecular weight is 287 g/mol. The number of rotatable bonds is 5. The fourth-order valence-electron chi connectivity index (χ4n) is 2.71. The molecule has 106 valence electrons. The smallest absolute Gasteiger partial charge is 0.127 e. The number of para-hydroxylation sites is 1. The van der Waals surface area contributed by atoms with Crippen LogP contribution in [0, 0.1) is 0 Å². The summed E-state index contributed by atoms with van der Waals surface area (Å²) in [6.45, 7) is 6.19. The van der Waals surface area contributed by atoms with Gasteiger partial charge in [0.05, 0.1) is 0 Å². The van der Waals surface area contributed by atoms with Gasteiger partial charge in [0.15, 0.2) is 0 Å². The molecule has 2 aromatic rings. The molecule has 0 atom stereocenters. The van der Waals surface area contributed by atoms with E-state index in [0.717, 1.165) is 31.7 Å². The summed E-state index contributed by atoms with van der Waals surface area (Å²) in [6, 6.07) is 8.68. The lowest BCUT2D eigenvalue weighted by atomic mass is 10.0. The molecule has 1 aliphatic rings. The average Bonchev–Trinajstić information content (AvgIpc) is 3.00. The van der Waals surface area contributed by atoms with E-state index in [1.54, 1.807) is 11.3 Å². The van der Waals surface area contributed by atoms with Crippen LogP contribution in [-0.4, -0.2) is 12.1 Å². The van der Waals surface area contributed by atoms with Crippen LogP contribution in [0.3, 0.4) is 0 Å². The number of ether oxygens (including phenoxy) is 1. The molecular weight excluding hydrogens is 266 g/mol. The van der Waals surface area contributed by atoms with Crippen molar-refractivity contribution in [1.29, 1.82) is 0 Å². The Balaban J connectivity index is 1.58. The zero-order valence-corrected chi connectivity index (χ0v) is 12.9. The van der Waals surface area contributed by atoms with E-state index in [4.69, 9.17) is 4.74 Å². The predicted octanol–water partition coefficient (Wildman–Crippen LogP) is 3.79. The molecule has 3 rings (SSSR count). The Morgan fingerprint density at radius 3 is 3.00 bits per heavy atom. The molecule has 20 heavy (non-hydrogen) atoms. The van der Waals surface area contributed by atoms with E-state index in [1.807, 2.05) is 0 Å². The van der Waals surface area contributed by atoms with Gasteiger partial charge in [0.1, 0.15) is 11.4 Å². The zero-order valence-electron chi connectivity index (χ0n) is 12.1. The first kappa shape index (κ1) is 13.7. The first-order valence-corrected chi connectivity index (χ1v) is 8.10. The number of hydrogen-bond donors (Lipinski definition) is 1. The maximum Gasteiger partial charge on any atom is 0.127 e. The van der Waals surface area contributed by atoms with E-state index in [1.165, 1.54) is 16.7 Å². The van der Waals surface area contributed by atoms with Gasteiger partial charge in [-0.3, -0.25) is 0 Å². The summed E-state index contributed by atoms with van der Waals surface area (Å²) >= 11 is 1.76. The van der Waals surface area contributed by atoms with Gasteiger partial charge in [0.25, 0.3) is 0 Å². The van der Waals surface area contributed by atoms with Crippen molar-refractivity contribution in [3.05, 3.63) is 51.7 Å². The summed E-state index contributed by atoms with van der Waals surface area (Å²) in [4.78, 5) is 0. The number of nitrogens with one attached hydrogen (secondary N) is 1. The van der Waals surface area contributed by atoms with Crippen molar-refractivity contribution >= 4 is 11.3 Å². The summed E-state index contributed by atoms with van der Waals surface area (Å²) in [5.41, 5.74) is 3.97. The highest BCUT2D eigenvalue weighted by molar-refractivity contribution is 7.07. The summed E-state index contributed by atoms with van der Waals surface area (Å²) in [5, 5.41) is 7.87. The Morgan fingerprint density at radius 2 is 2.20 bits per heavy atom. The summed E-state index contributed by atoms with van der Waals surface area (Å²) in [6.07, 6.45) is 2.09. The van der Waals surface area contributed by atoms with E-state index in [2.05, 4.69) is 54.2 Å². The van der Waals surface area contributed by atoms with Crippen LogP contribution in [0.5, 0.6) is 5.75 Å². The highest BCUT2D eigenvalue weighted by atomic mass is 32.1. The Kier molecular flexibility index (Phi) is 3.81. The van der Waals surface area contributed by atoms with Crippen LogP contribution in [0.2, 0.25) is 0 Å². The molecular formula is C17H21NOS. The molecule has 1 aliphatic heterocycles. The molecule has 0 radical (unpaired) electrons. The highest BCUT2D eigenvalue weighted by Gasteiger charge is 2.31. The molecule has 1 aromatic heterocycles. The number of fused-ring (bicyclic) bond motifs is 1. The van der Waals surface area contributed by atoms with E-state index in [9.17, 15) is 0 Å². The molecule has 0 aliphatic carbocycles. The standard InChI is InChI=1S/C17H21NOS/c1-17(2)10-14-4-3-5-15(16(14)19-17)11-18-8-6-13-7-9-20-12-13/h3-5,7,9,12,18H,6,8,10-11H2,1-2H3. The van der Waals surface area contributed by atoms with Gasteiger partial charge in [-0.2, -0.15) is 11.3 Å². The fourth-order valence-corrected chi connectivity index (χ4v) is 3.41. The van der Waals surface area contributed by atoms with Crippen LogP contribution in [0.4, 0.5) is 0 Å². The van der Waals surface area contributed by atoms with Gasteiger partial charge in [0, 0.05) is 18.5 Å². The second-order valence-corrected chi connectivity index (χ2v) is 6.78. The van der Waals surface area contributed by atoms with Crippen LogP contribution < -0.4 is 10.1 Å². The van der Waals surface area contributed by atoms with Gasteiger partial charge in [-0.25, -0.2) is 0 Å². The predicted molar refractivity (Wildman–Crippen MR) is 84.6 cm³/mol. The van der Waals surface area contributed by atoms with Gasteiger partial charge in [-0.1, -0.05) is 18.2 Å². The molecule has 2 heterocycles. The van der Waals surface area contributed by atoms with Gasteiger partial charge in [0.2, 0.25) is 0 Å². The van der Waals surface area contributed by atoms with Crippen LogP contribution in [0.25, 0.3) is 0 Å². The SMILES string of the molecule is CC1(C)Cc2cccc(CNCCc3ccsc3)c2O1. The van der Waals surface area contributed by atoms with Crippen LogP contribution in [0.1, 0.15) is 30.5 Å². The molecule has 0 bridgehead atoms. The molecule has 1 aromatic carbocycles. The third-order valence-corrected chi connectivity index (χ3v) is 4.39. The largest absolute Gasteiger partial charge is 0.487 e. The van der Waals surface area contributed by atoms with Crippen molar-refractivity contribution in [1.82, 2.24) is 5.32 Å². The van der Waals surface area contributed by atoms with Crippen molar-refractivity contribution in [3.63, 3.8) is 0 Å². The Labute approximate surface area is 124 Å². The van der Waals surface area contributed by atoms with Crippen LogP contribution >= 0.6 is 11.3 Å². The monoisotopic (exact) mass is 287 g/mol. The summed E-state index contributed by atoms with van der Waals surface area (Å²) in [5.74, 6) is 1.10. The molecule has 0 saturated heterocycles. The number of thiophene rings is 1. The lowest BCUT2D eigenvalue weighted by Crippen LogP contribution is -2.25. The maximum absolute atomic E-state index is 6.09.